The third-order valence-corrected chi connectivity index (χ3v) is 5.47. The monoisotopic (exact) mass is 282 g/mol. The molecule has 3 N–H and O–H groups in total. The second-order valence-electron chi connectivity index (χ2n) is 5.72. The number of likely N-dealkylation sites (tertiary alicyclic amines) is 1. The molecular formula is C15H26N2OS. The number of aryl methyl sites for hydroxylation is 1. The van der Waals surface area contributed by atoms with Crippen molar-refractivity contribution in [2.45, 2.75) is 51.7 Å². The van der Waals surface area contributed by atoms with Crippen LogP contribution in [0.4, 0.5) is 0 Å². The summed E-state index contributed by atoms with van der Waals surface area (Å²) in [7, 11) is 0. The molecular weight excluding hydrogens is 256 g/mol. The lowest BCUT2D eigenvalue weighted by Crippen LogP contribution is -2.45. The van der Waals surface area contributed by atoms with E-state index >= 15 is 0 Å². The van der Waals surface area contributed by atoms with Crippen LogP contribution in [0, 0.1) is 12.8 Å². The zero-order valence-corrected chi connectivity index (χ0v) is 13.0. The Balaban J connectivity index is 2.28. The first-order valence-corrected chi connectivity index (χ1v) is 8.08. The molecule has 4 atom stereocenters. The first kappa shape index (κ1) is 15.0. The summed E-state index contributed by atoms with van der Waals surface area (Å²) in [6.45, 7) is 7.79. The molecule has 0 aliphatic carbocycles. The molecule has 108 valence electrons. The van der Waals surface area contributed by atoms with E-state index in [0.29, 0.717) is 5.92 Å². The minimum Gasteiger partial charge on any atom is -0.395 e. The van der Waals surface area contributed by atoms with Crippen LogP contribution in [0.2, 0.25) is 0 Å². The van der Waals surface area contributed by atoms with Crippen molar-refractivity contribution in [2.75, 3.05) is 13.2 Å². The fraction of sp³-hybridized carbons (Fsp3) is 0.733. The molecule has 1 fully saturated rings. The molecule has 0 bridgehead atoms. The zero-order chi connectivity index (χ0) is 14.0. The van der Waals surface area contributed by atoms with Crippen molar-refractivity contribution in [3.63, 3.8) is 0 Å². The average Bonchev–Trinajstić information content (AvgIpc) is 2.97. The number of aliphatic hydroxyl groups excluding tert-OH is 1. The Hall–Kier alpha value is -0.420. The fourth-order valence-electron chi connectivity index (χ4n) is 3.12. The van der Waals surface area contributed by atoms with Gasteiger partial charge in [0.2, 0.25) is 0 Å². The van der Waals surface area contributed by atoms with Crippen molar-refractivity contribution < 1.29 is 5.11 Å². The van der Waals surface area contributed by atoms with Crippen LogP contribution in [-0.4, -0.2) is 35.2 Å². The largest absolute Gasteiger partial charge is 0.395 e. The van der Waals surface area contributed by atoms with E-state index in [-0.39, 0.29) is 24.7 Å². The van der Waals surface area contributed by atoms with Crippen molar-refractivity contribution in [2.24, 2.45) is 11.7 Å². The van der Waals surface area contributed by atoms with Crippen LogP contribution < -0.4 is 5.73 Å². The highest BCUT2D eigenvalue weighted by Gasteiger charge is 2.38. The summed E-state index contributed by atoms with van der Waals surface area (Å²) in [5, 5.41) is 9.68. The molecule has 4 unspecified atom stereocenters. The molecule has 0 amide bonds. The quantitative estimate of drug-likeness (QED) is 0.872. The lowest BCUT2D eigenvalue weighted by Gasteiger charge is -2.36. The van der Waals surface area contributed by atoms with E-state index in [1.54, 1.807) is 0 Å². The van der Waals surface area contributed by atoms with E-state index in [1.807, 2.05) is 11.3 Å². The molecule has 1 aliphatic heterocycles. The van der Waals surface area contributed by atoms with Gasteiger partial charge in [0.15, 0.2) is 0 Å². The lowest BCUT2D eigenvalue weighted by atomic mass is 9.99. The highest BCUT2D eigenvalue weighted by Crippen LogP contribution is 2.37. The Labute approximate surface area is 120 Å². The molecule has 1 aromatic rings. The van der Waals surface area contributed by atoms with E-state index in [2.05, 4.69) is 37.8 Å². The summed E-state index contributed by atoms with van der Waals surface area (Å²) >= 11 is 1.84. The van der Waals surface area contributed by atoms with Gasteiger partial charge >= 0.3 is 0 Å². The standard InChI is InChI=1S/C15H26N2OS/c1-4-12(16)15(14-6-5-11(3)19-14)17-8-7-10(2)13(17)9-18/h5-6,10,12-13,15,18H,4,7-9,16H2,1-3H3. The molecule has 2 heterocycles. The first-order chi connectivity index (χ1) is 9.08. The fourth-order valence-corrected chi connectivity index (χ4v) is 4.20. The maximum absolute atomic E-state index is 9.68. The molecule has 4 heteroatoms. The van der Waals surface area contributed by atoms with Crippen LogP contribution in [-0.2, 0) is 0 Å². The summed E-state index contributed by atoms with van der Waals surface area (Å²) in [6.07, 6.45) is 2.12. The third-order valence-electron chi connectivity index (χ3n) is 4.40. The number of nitrogens with zero attached hydrogens (tertiary/aromatic N) is 1. The summed E-state index contributed by atoms with van der Waals surface area (Å²) in [6, 6.07) is 5.02. The first-order valence-electron chi connectivity index (χ1n) is 7.27. The van der Waals surface area contributed by atoms with Crippen LogP contribution in [0.5, 0.6) is 0 Å². The van der Waals surface area contributed by atoms with Crippen LogP contribution >= 0.6 is 11.3 Å². The number of hydrogen-bond acceptors (Lipinski definition) is 4. The molecule has 1 aromatic heterocycles. The van der Waals surface area contributed by atoms with Gasteiger partial charge in [-0.25, -0.2) is 0 Å². The maximum atomic E-state index is 9.68. The third kappa shape index (κ3) is 3.02. The zero-order valence-electron chi connectivity index (χ0n) is 12.2. The number of thiophene rings is 1. The van der Waals surface area contributed by atoms with Crippen LogP contribution in [0.1, 0.15) is 42.5 Å². The van der Waals surface area contributed by atoms with Crippen molar-refractivity contribution in [3.8, 4) is 0 Å². The van der Waals surface area contributed by atoms with Crippen molar-refractivity contribution in [1.82, 2.24) is 4.90 Å². The van der Waals surface area contributed by atoms with Gasteiger partial charge in [0, 0.05) is 21.8 Å². The molecule has 2 rings (SSSR count). The summed E-state index contributed by atoms with van der Waals surface area (Å²) in [5.74, 6) is 0.553. The van der Waals surface area contributed by atoms with Gasteiger partial charge in [-0.2, -0.15) is 0 Å². The molecule has 0 saturated carbocycles. The predicted molar refractivity (Wildman–Crippen MR) is 81.4 cm³/mol. The van der Waals surface area contributed by atoms with E-state index in [1.165, 1.54) is 9.75 Å². The summed E-state index contributed by atoms with van der Waals surface area (Å²) in [4.78, 5) is 5.11. The van der Waals surface area contributed by atoms with Gasteiger partial charge in [0.1, 0.15) is 0 Å². The Morgan fingerprint density at radius 3 is 2.79 bits per heavy atom. The topological polar surface area (TPSA) is 49.5 Å². The molecule has 1 saturated heterocycles. The van der Waals surface area contributed by atoms with Gasteiger partial charge in [-0.1, -0.05) is 13.8 Å². The predicted octanol–water partition coefficient (Wildman–Crippen LogP) is 2.54. The Morgan fingerprint density at radius 1 is 1.53 bits per heavy atom. The summed E-state index contributed by atoms with van der Waals surface area (Å²) in [5.41, 5.74) is 6.38. The highest BCUT2D eigenvalue weighted by atomic mass is 32.1. The molecule has 0 spiro atoms. The second kappa shape index (κ2) is 6.35. The Kier molecular flexibility index (Phi) is 5.01. The molecule has 19 heavy (non-hydrogen) atoms. The van der Waals surface area contributed by atoms with Crippen molar-refractivity contribution in [1.29, 1.82) is 0 Å². The Bertz CT molecular complexity index is 407. The van der Waals surface area contributed by atoms with E-state index in [0.717, 1.165) is 19.4 Å². The molecule has 1 aliphatic rings. The highest BCUT2D eigenvalue weighted by molar-refractivity contribution is 7.12. The van der Waals surface area contributed by atoms with Crippen molar-refractivity contribution in [3.05, 3.63) is 21.9 Å². The van der Waals surface area contributed by atoms with E-state index < -0.39 is 0 Å². The lowest BCUT2D eigenvalue weighted by molar-refractivity contribution is 0.0909. The smallest absolute Gasteiger partial charge is 0.0596 e. The van der Waals surface area contributed by atoms with E-state index in [9.17, 15) is 5.11 Å². The van der Waals surface area contributed by atoms with Crippen LogP contribution in [0.15, 0.2) is 12.1 Å². The molecule has 0 radical (unpaired) electrons. The van der Waals surface area contributed by atoms with Gasteiger partial charge in [-0.3, -0.25) is 4.90 Å². The molecule has 3 nitrogen and oxygen atoms in total. The normalized spacial score (nSPS) is 27.6. The SMILES string of the molecule is CCC(N)C(c1ccc(C)s1)N1CCC(C)C1CO. The number of rotatable bonds is 5. The number of hydrogen-bond donors (Lipinski definition) is 2. The second-order valence-corrected chi connectivity index (χ2v) is 7.04. The van der Waals surface area contributed by atoms with Crippen LogP contribution in [0.25, 0.3) is 0 Å². The van der Waals surface area contributed by atoms with E-state index in [4.69, 9.17) is 5.73 Å². The summed E-state index contributed by atoms with van der Waals surface area (Å²) < 4.78 is 0. The van der Waals surface area contributed by atoms with Gasteiger partial charge < -0.3 is 10.8 Å². The number of nitrogens with two attached hydrogens (primary N) is 1. The van der Waals surface area contributed by atoms with Crippen molar-refractivity contribution >= 4 is 11.3 Å². The van der Waals surface area contributed by atoms with Gasteiger partial charge in [0.05, 0.1) is 12.6 Å². The van der Waals surface area contributed by atoms with Gasteiger partial charge in [-0.05, 0) is 44.4 Å². The van der Waals surface area contributed by atoms with Gasteiger partial charge in [0.25, 0.3) is 0 Å². The van der Waals surface area contributed by atoms with Gasteiger partial charge in [-0.15, -0.1) is 11.3 Å². The maximum Gasteiger partial charge on any atom is 0.0596 e. The molecule has 0 aromatic carbocycles. The number of aliphatic hydroxyl groups is 1. The minimum absolute atomic E-state index is 0.136. The minimum atomic E-state index is 0.136. The Morgan fingerprint density at radius 2 is 2.26 bits per heavy atom. The average molecular weight is 282 g/mol. The van der Waals surface area contributed by atoms with Crippen LogP contribution in [0.3, 0.4) is 0 Å².